The molecule has 0 aromatic carbocycles. The first-order chi connectivity index (χ1) is 6.70. The van der Waals surface area contributed by atoms with E-state index in [1.54, 1.807) is 12.2 Å². The van der Waals surface area contributed by atoms with Crippen LogP contribution in [0, 0.1) is 5.92 Å². The molecule has 1 rings (SSSR count). The molecule has 0 radical (unpaired) electrons. The van der Waals surface area contributed by atoms with Crippen LogP contribution in [0.1, 0.15) is 6.42 Å². The van der Waals surface area contributed by atoms with Crippen molar-refractivity contribution >= 4 is 11.9 Å². The molecule has 1 atom stereocenters. The van der Waals surface area contributed by atoms with Crippen LogP contribution in [0.5, 0.6) is 0 Å². The fraction of sp³-hybridized carbons (Fsp3) is 0.400. The van der Waals surface area contributed by atoms with Gasteiger partial charge in [0.15, 0.2) is 0 Å². The highest BCUT2D eigenvalue weighted by Crippen LogP contribution is 2.22. The van der Waals surface area contributed by atoms with Crippen LogP contribution in [0.25, 0.3) is 0 Å². The second-order valence-corrected chi connectivity index (χ2v) is 2.85. The first kappa shape index (κ1) is 10.5. The molecule has 0 aromatic rings. The molecule has 0 saturated carbocycles. The molecule has 4 heteroatoms. The SMILES string of the molecule is COC(=O)C1=CC=CCC1C(=O)OC. The van der Waals surface area contributed by atoms with Gasteiger partial charge in [0.2, 0.25) is 0 Å². The molecule has 0 bridgehead atoms. The van der Waals surface area contributed by atoms with Crippen LogP contribution in [0.15, 0.2) is 23.8 Å². The van der Waals surface area contributed by atoms with Crippen molar-refractivity contribution in [2.75, 3.05) is 14.2 Å². The van der Waals surface area contributed by atoms with E-state index in [1.807, 2.05) is 6.08 Å². The highest BCUT2D eigenvalue weighted by molar-refractivity contribution is 5.96. The number of carbonyl (C=O) groups excluding carboxylic acids is 2. The third kappa shape index (κ3) is 2.02. The van der Waals surface area contributed by atoms with E-state index in [9.17, 15) is 9.59 Å². The number of hydrogen-bond donors (Lipinski definition) is 0. The Morgan fingerprint density at radius 3 is 2.64 bits per heavy atom. The van der Waals surface area contributed by atoms with Crippen molar-refractivity contribution in [3.05, 3.63) is 23.8 Å². The maximum Gasteiger partial charge on any atom is 0.334 e. The lowest BCUT2D eigenvalue weighted by Gasteiger charge is -2.16. The summed E-state index contributed by atoms with van der Waals surface area (Å²) in [7, 11) is 2.59. The first-order valence-electron chi connectivity index (χ1n) is 4.23. The average molecular weight is 196 g/mol. The molecule has 1 unspecified atom stereocenters. The molecule has 4 nitrogen and oxygen atoms in total. The zero-order valence-corrected chi connectivity index (χ0v) is 8.15. The van der Waals surface area contributed by atoms with Crippen LogP contribution in [0.3, 0.4) is 0 Å². The summed E-state index contributed by atoms with van der Waals surface area (Å²) in [5.41, 5.74) is 0.349. The molecule has 1 aliphatic rings. The number of rotatable bonds is 2. The summed E-state index contributed by atoms with van der Waals surface area (Å²) in [6, 6.07) is 0. The van der Waals surface area contributed by atoms with E-state index in [1.165, 1.54) is 14.2 Å². The van der Waals surface area contributed by atoms with Gasteiger partial charge >= 0.3 is 11.9 Å². The largest absolute Gasteiger partial charge is 0.469 e. The maximum atomic E-state index is 11.3. The van der Waals surface area contributed by atoms with Gasteiger partial charge < -0.3 is 9.47 Å². The van der Waals surface area contributed by atoms with Crippen LogP contribution in [-0.2, 0) is 19.1 Å². The number of ether oxygens (including phenoxy) is 2. The Labute approximate surface area is 82.2 Å². The molecule has 0 heterocycles. The van der Waals surface area contributed by atoms with Crippen LogP contribution in [0.4, 0.5) is 0 Å². The van der Waals surface area contributed by atoms with Gasteiger partial charge in [-0.05, 0) is 6.42 Å². The van der Waals surface area contributed by atoms with Crippen LogP contribution < -0.4 is 0 Å². The van der Waals surface area contributed by atoms with Gasteiger partial charge in [0.05, 0.1) is 25.7 Å². The number of hydrogen-bond acceptors (Lipinski definition) is 4. The van der Waals surface area contributed by atoms with E-state index in [0.29, 0.717) is 12.0 Å². The molecule has 76 valence electrons. The minimum Gasteiger partial charge on any atom is -0.469 e. The van der Waals surface area contributed by atoms with Crippen molar-refractivity contribution < 1.29 is 19.1 Å². The third-order valence-corrected chi connectivity index (χ3v) is 2.07. The second kappa shape index (κ2) is 4.60. The minimum atomic E-state index is -0.530. The minimum absolute atomic E-state index is 0.349. The summed E-state index contributed by atoms with van der Waals surface area (Å²) < 4.78 is 9.16. The average Bonchev–Trinajstić information content (AvgIpc) is 2.27. The Balaban J connectivity index is 2.87. The van der Waals surface area contributed by atoms with Crippen molar-refractivity contribution in [1.29, 1.82) is 0 Å². The second-order valence-electron chi connectivity index (χ2n) is 2.85. The van der Waals surface area contributed by atoms with Gasteiger partial charge in [-0.2, -0.15) is 0 Å². The van der Waals surface area contributed by atoms with Crippen molar-refractivity contribution in [3.63, 3.8) is 0 Å². The Morgan fingerprint density at radius 1 is 1.36 bits per heavy atom. The highest BCUT2D eigenvalue weighted by Gasteiger charge is 2.29. The number of allylic oxidation sites excluding steroid dienone is 3. The topological polar surface area (TPSA) is 52.6 Å². The molecule has 0 spiro atoms. The first-order valence-corrected chi connectivity index (χ1v) is 4.23. The molecule has 0 aliphatic heterocycles. The monoisotopic (exact) mass is 196 g/mol. The highest BCUT2D eigenvalue weighted by atomic mass is 16.5. The molecule has 0 saturated heterocycles. The molecule has 1 aliphatic carbocycles. The zero-order valence-electron chi connectivity index (χ0n) is 8.15. The fourth-order valence-electron chi connectivity index (χ4n) is 1.32. The predicted octanol–water partition coefficient (Wildman–Crippen LogP) is 0.835. The molecule has 0 aromatic heterocycles. The van der Waals surface area contributed by atoms with Crippen LogP contribution in [-0.4, -0.2) is 26.2 Å². The number of esters is 2. The lowest BCUT2D eigenvalue weighted by atomic mass is 9.91. The van der Waals surface area contributed by atoms with Gasteiger partial charge in [-0.1, -0.05) is 18.2 Å². The number of methoxy groups -OCH3 is 2. The van der Waals surface area contributed by atoms with Gasteiger partial charge in [-0.3, -0.25) is 4.79 Å². The van der Waals surface area contributed by atoms with Gasteiger partial charge in [0.25, 0.3) is 0 Å². The van der Waals surface area contributed by atoms with E-state index in [4.69, 9.17) is 0 Å². The summed E-state index contributed by atoms with van der Waals surface area (Å²) in [5.74, 6) is -1.42. The number of carbonyl (C=O) groups is 2. The lowest BCUT2D eigenvalue weighted by Crippen LogP contribution is -2.24. The summed E-state index contributed by atoms with van der Waals surface area (Å²) in [6.07, 6.45) is 5.60. The van der Waals surface area contributed by atoms with Crippen LogP contribution >= 0.6 is 0 Å². The van der Waals surface area contributed by atoms with Crippen molar-refractivity contribution in [2.24, 2.45) is 5.92 Å². The van der Waals surface area contributed by atoms with Gasteiger partial charge in [-0.15, -0.1) is 0 Å². The van der Waals surface area contributed by atoms with E-state index >= 15 is 0 Å². The predicted molar refractivity (Wildman–Crippen MR) is 49.4 cm³/mol. The van der Waals surface area contributed by atoms with Gasteiger partial charge in [0, 0.05) is 0 Å². The summed E-state index contributed by atoms with van der Waals surface area (Å²) in [5, 5.41) is 0. The van der Waals surface area contributed by atoms with Gasteiger partial charge in [-0.25, -0.2) is 4.79 Å². The lowest BCUT2D eigenvalue weighted by molar-refractivity contribution is -0.147. The summed E-state index contributed by atoms with van der Waals surface area (Å²) in [4.78, 5) is 22.6. The van der Waals surface area contributed by atoms with E-state index in [-0.39, 0.29) is 0 Å². The molecular formula is C10H12O4. The molecular weight excluding hydrogens is 184 g/mol. The quantitative estimate of drug-likeness (QED) is 0.614. The van der Waals surface area contributed by atoms with Crippen molar-refractivity contribution in [2.45, 2.75) is 6.42 Å². The van der Waals surface area contributed by atoms with E-state index in [0.717, 1.165) is 0 Å². The molecule has 0 N–H and O–H groups in total. The fourth-order valence-corrected chi connectivity index (χ4v) is 1.32. The summed E-state index contributed by atoms with van der Waals surface area (Å²) >= 11 is 0. The zero-order chi connectivity index (χ0) is 10.6. The normalized spacial score (nSPS) is 19.9. The maximum absolute atomic E-state index is 11.3. The Morgan fingerprint density at radius 2 is 2.07 bits per heavy atom. The van der Waals surface area contributed by atoms with Crippen molar-refractivity contribution in [1.82, 2.24) is 0 Å². The molecule has 14 heavy (non-hydrogen) atoms. The Hall–Kier alpha value is -1.58. The van der Waals surface area contributed by atoms with Crippen molar-refractivity contribution in [3.8, 4) is 0 Å². The van der Waals surface area contributed by atoms with Crippen LogP contribution in [0.2, 0.25) is 0 Å². The Kier molecular flexibility index (Phi) is 3.45. The Bertz CT molecular complexity index is 301. The standard InChI is InChI=1S/C10H12O4/c1-13-9(11)7-5-3-4-6-8(7)10(12)14-2/h3-5,8H,6H2,1-2H3. The molecule has 0 fully saturated rings. The van der Waals surface area contributed by atoms with Gasteiger partial charge in [0.1, 0.15) is 0 Å². The molecule has 0 amide bonds. The summed E-state index contributed by atoms with van der Waals surface area (Å²) in [6.45, 7) is 0. The van der Waals surface area contributed by atoms with E-state index in [2.05, 4.69) is 9.47 Å². The van der Waals surface area contributed by atoms with E-state index < -0.39 is 17.9 Å². The smallest absolute Gasteiger partial charge is 0.334 e. The third-order valence-electron chi connectivity index (χ3n) is 2.07.